The van der Waals surface area contributed by atoms with E-state index in [4.69, 9.17) is 0 Å². The van der Waals surface area contributed by atoms with Crippen LogP contribution in [0.15, 0.2) is 70.2 Å². The summed E-state index contributed by atoms with van der Waals surface area (Å²) in [7, 11) is 0. The second-order valence-corrected chi connectivity index (χ2v) is 7.09. The van der Waals surface area contributed by atoms with Crippen molar-refractivity contribution in [1.82, 2.24) is 14.9 Å². The van der Waals surface area contributed by atoms with Crippen molar-refractivity contribution in [3.8, 4) is 0 Å². The Balaban J connectivity index is 1.71. The molecule has 0 bridgehead atoms. The number of amides is 1. The van der Waals surface area contributed by atoms with Gasteiger partial charge in [-0.15, -0.1) is 0 Å². The molecule has 2 aromatic heterocycles. The number of hydrogen-bond acceptors (Lipinski definition) is 3. The molecule has 26 heavy (non-hydrogen) atoms. The molecule has 5 nitrogen and oxygen atoms in total. The number of rotatable bonds is 4. The lowest BCUT2D eigenvalue weighted by molar-refractivity contribution is 0.0708. The topological polar surface area (TPSA) is 66.1 Å². The lowest BCUT2D eigenvalue weighted by Gasteiger charge is -2.25. The van der Waals surface area contributed by atoms with Crippen LogP contribution >= 0.6 is 15.9 Å². The fourth-order valence-corrected chi connectivity index (χ4v) is 3.76. The highest BCUT2D eigenvalue weighted by molar-refractivity contribution is 9.10. The van der Waals surface area contributed by atoms with E-state index < -0.39 is 0 Å². The van der Waals surface area contributed by atoms with Gasteiger partial charge in [0.25, 0.3) is 5.91 Å². The van der Waals surface area contributed by atoms with Crippen molar-refractivity contribution in [3.05, 3.63) is 98.1 Å². The second kappa shape index (κ2) is 6.88. The van der Waals surface area contributed by atoms with E-state index in [-0.39, 0.29) is 17.5 Å². The standard InChI is InChI=1S/C20H16BrN3O2/c21-16-6-3-9-22-17(16)10-18-14-4-1-2-5-15(14)20(26)24(18)12-13-7-8-19(25)23-11-13/h1-9,11,18H,10,12H2,(H,23,25). The number of aromatic nitrogens is 2. The average molecular weight is 410 g/mol. The molecule has 1 N–H and O–H groups in total. The van der Waals surface area contributed by atoms with Gasteiger partial charge < -0.3 is 9.88 Å². The zero-order valence-electron chi connectivity index (χ0n) is 13.9. The maximum Gasteiger partial charge on any atom is 0.255 e. The van der Waals surface area contributed by atoms with Crippen LogP contribution in [0.4, 0.5) is 0 Å². The number of pyridine rings is 2. The van der Waals surface area contributed by atoms with Gasteiger partial charge in [0.05, 0.1) is 11.7 Å². The molecule has 0 fully saturated rings. The van der Waals surface area contributed by atoms with E-state index in [1.807, 2.05) is 41.3 Å². The van der Waals surface area contributed by atoms with Gasteiger partial charge in [0, 0.05) is 41.5 Å². The summed E-state index contributed by atoms with van der Waals surface area (Å²) in [5.74, 6) is 0.00357. The Morgan fingerprint density at radius 2 is 1.92 bits per heavy atom. The fraction of sp³-hybridized carbons (Fsp3) is 0.150. The highest BCUT2D eigenvalue weighted by Crippen LogP contribution is 2.37. The molecule has 1 amide bonds. The molecule has 1 aliphatic heterocycles. The van der Waals surface area contributed by atoms with E-state index in [1.165, 1.54) is 6.07 Å². The van der Waals surface area contributed by atoms with Crippen molar-refractivity contribution in [1.29, 1.82) is 0 Å². The number of nitrogens with zero attached hydrogens (tertiary/aromatic N) is 2. The maximum atomic E-state index is 13.0. The Morgan fingerprint density at radius 3 is 2.69 bits per heavy atom. The Kier molecular flexibility index (Phi) is 4.42. The Hall–Kier alpha value is -2.73. The molecule has 1 aliphatic rings. The zero-order chi connectivity index (χ0) is 18.1. The quantitative estimate of drug-likeness (QED) is 0.717. The summed E-state index contributed by atoms with van der Waals surface area (Å²) < 4.78 is 0.931. The Labute approximate surface area is 158 Å². The third-order valence-corrected chi connectivity index (χ3v) is 5.33. The minimum absolute atomic E-state index is 0.00357. The number of H-pyrrole nitrogens is 1. The molecular weight excluding hydrogens is 394 g/mol. The molecule has 0 aliphatic carbocycles. The first-order valence-electron chi connectivity index (χ1n) is 8.30. The summed E-state index contributed by atoms with van der Waals surface area (Å²) in [5.41, 5.74) is 3.39. The minimum atomic E-state index is -0.154. The van der Waals surface area contributed by atoms with E-state index in [9.17, 15) is 9.59 Å². The summed E-state index contributed by atoms with van der Waals surface area (Å²) in [6.45, 7) is 0.430. The smallest absolute Gasteiger partial charge is 0.255 e. The molecule has 3 heterocycles. The Morgan fingerprint density at radius 1 is 1.08 bits per heavy atom. The summed E-state index contributed by atoms with van der Waals surface area (Å²) in [6, 6.07) is 14.7. The van der Waals surface area contributed by atoms with Crippen molar-refractivity contribution in [2.24, 2.45) is 0 Å². The maximum absolute atomic E-state index is 13.0. The third kappa shape index (κ3) is 3.08. The molecule has 130 valence electrons. The number of aromatic amines is 1. The van der Waals surface area contributed by atoms with Gasteiger partial charge in [-0.05, 0) is 45.3 Å². The summed E-state index contributed by atoms with van der Waals surface area (Å²) >= 11 is 3.55. The number of hydrogen-bond donors (Lipinski definition) is 1. The van der Waals surface area contributed by atoms with Gasteiger partial charge in [0.1, 0.15) is 0 Å². The first-order valence-corrected chi connectivity index (χ1v) is 9.09. The number of benzene rings is 1. The predicted molar refractivity (Wildman–Crippen MR) is 102 cm³/mol. The van der Waals surface area contributed by atoms with Crippen LogP contribution in [0.25, 0.3) is 0 Å². The fourth-order valence-electron chi connectivity index (χ4n) is 3.34. The highest BCUT2D eigenvalue weighted by Gasteiger charge is 2.36. The molecule has 6 heteroatoms. The van der Waals surface area contributed by atoms with E-state index >= 15 is 0 Å². The van der Waals surface area contributed by atoms with Crippen molar-refractivity contribution in [2.45, 2.75) is 19.0 Å². The molecule has 0 spiro atoms. The van der Waals surface area contributed by atoms with Crippen LogP contribution in [0.1, 0.15) is 33.2 Å². The molecule has 0 saturated heterocycles. The summed E-state index contributed by atoms with van der Waals surface area (Å²) in [5, 5.41) is 0. The van der Waals surface area contributed by atoms with E-state index in [0.717, 1.165) is 26.9 Å². The minimum Gasteiger partial charge on any atom is -0.329 e. The van der Waals surface area contributed by atoms with Crippen LogP contribution in [0.3, 0.4) is 0 Å². The van der Waals surface area contributed by atoms with Gasteiger partial charge in [-0.3, -0.25) is 14.6 Å². The number of fused-ring (bicyclic) bond motifs is 1. The summed E-state index contributed by atoms with van der Waals surface area (Å²) in [4.78, 5) is 33.2. The monoisotopic (exact) mass is 409 g/mol. The number of halogens is 1. The van der Waals surface area contributed by atoms with Crippen LogP contribution in [0.5, 0.6) is 0 Å². The SMILES string of the molecule is O=C1c2ccccc2C(Cc2ncccc2Br)N1Cc1ccc(=O)[nH]c1. The lowest BCUT2D eigenvalue weighted by atomic mass is 10.0. The van der Waals surface area contributed by atoms with Crippen LogP contribution in [0, 0.1) is 0 Å². The number of carbonyl (C=O) groups is 1. The van der Waals surface area contributed by atoms with Crippen LogP contribution in [-0.4, -0.2) is 20.8 Å². The molecule has 0 radical (unpaired) electrons. The molecule has 3 aromatic rings. The first-order chi connectivity index (χ1) is 12.6. The zero-order valence-corrected chi connectivity index (χ0v) is 15.4. The molecule has 1 atom stereocenters. The first kappa shape index (κ1) is 16.7. The van der Waals surface area contributed by atoms with Crippen LogP contribution < -0.4 is 5.56 Å². The molecule has 4 rings (SSSR count). The molecular formula is C20H16BrN3O2. The van der Waals surface area contributed by atoms with Gasteiger partial charge in [0.15, 0.2) is 0 Å². The summed E-state index contributed by atoms with van der Waals surface area (Å²) in [6.07, 6.45) is 4.04. The van der Waals surface area contributed by atoms with Crippen molar-refractivity contribution < 1.29 is 4.79 Å². The van der Waals surface area contributed by atoms with Gasteiger partial charge in [-0.1, -0.05) is 24.3 Å². The lowest BCUT2D eigenvalue weighted by Crippen LogP contribution is -2.29. The predicted octanol–water partition coefficient (Wildman–Crippen LogP) is 3.47. The van der Waals surface area contributed by atoms with Crippen LogP contribution in [0.2, 0.25) is 0 Å². The number of nitrogens with one attached hydrogen (secondary N) is 1. The van der Waals surface area contributed by atoms with E-state index in [2.05, 4.69) is 25.9 Å². The van der Waals surface area contributed by atoms with Crippen molar-refractivity contribution in [3.63, 3.8) is 0 Å². The highest BCUT2D eigenvalue weighted by atomic mass is 79.9. The normalized spacial score (nSPS) is 16.0. The molecule has 0 saturated carbocycles. The van der Waals surface area contributed by atoms with Gasteiger partial charge in [-0.25, -0.2) is 0 Å². The van der Waals surface area contributed by atoms with Gasteiger partial charge in [0.2, 0.25) is 5.56 Å². The van der Waals surface area contributed by atoms with Crippen molar-refractivity contribution in [2.75, 3.05) is 0 Å². The second-order valence-electron chi connectivity index (χ2n) is 6.23. The van der Waals surface area contributed by atoms with E-state index in [0.29, 0.717) is 13.0 Å². The average Bonchev–Trinajstić information content (AvgIpc) is 2.91. The third-order valence-electron chi connectivity index (χ3n) is 4.61. The molecule has 1 unspecified atom stereocenters. The Bertz CT molecular complexity index is 1010. The van der Waals surface area contributed by atoms with E-state index in [1.54, 1.807) is 18.5 Å². The van der Waals surface area contributed by atoms with Gasteiger partial charge in [-0.2, -0.15) is 0 Å². The van der Waals surface area contributed by atoms with Crippen molar-refractivity contribution >= 4 is 21.8 Å². The van der Waals surface area contributed by atoms with Gasteiger partial charge >= 0.3 is 0 Å². The number of carbonyl (C=O) groups excluding carboxylic acids is 1. The largest absolute Gasteiger partial charge is 0.329 e. The molecule has 1 aromatic carbocycles. The van der Waals surface area contributed by atoms with Crippen LogP contribution in [-0.2, 0) is 13.0 Å².